The Kier molecular flexibility index (Phi) is 14.1. The number of rotatable bonds is 18. The fraction of sp³-hybridized carbons (Fsp3) is 0.895. The molecule has 0 saturated carbocycles. The van der Waals surface area contributed by atoms with Gasteiger partial charge in [0.2, 0.25) is 12.1 Å². The van der Waals surface area contributed by atoms with E-state index in [1.807, 2.05) is 13.8 Å². The van der Waals surface area contributed by atoms with E-state index in [-0.39, 0.29) is 26.1 Å². The summed E-state index contributed by atoms with van der Waals surface area (Å²) in [5.41, 5.74) is 0. The maximum atomic E-state index is 12.0. The highest BCUT2D eigenvalue weighted by Crippen LogP contribution is 2.35. The van der Waals surface area contributed by atoms with E-state index in [9.17, 15) is 14.7 Å². The minimum Gasteiger partial charge on any atom is -0.481 e. The standard InChI is InChI=1S/C19H36O8/c1-5-9-13-24-18(25-14-10-6-2)19(26-7-3,27-8-4)15(17(22)23)11-12-16(20)21/h15,18H,5-14H2,1-4H3,(H,20,21)(H,22,23). The van der Waals surface area contributed by atoms with Crippen LogP contribution in [0, 0.1) is 5.92 Å². The van der Waals surface area contributed by atoms with Crippen molar-refractivity contribution in [1.82, 2.24) is 0 Å². The smallest absolute Gasteiger partial charge is 0.312 e. The molecule has 0 fully saturated rings. The maximum Gasteiger partial charge on any atom is 0.312 e. The monoisotopic (exact) mass is 392 g/mol. The molecular weight excluding hydrogens is 356 g/mol. The highest BCUT2D eigenvalue weighted by atomic mass is 16.8. The van der Waals surface area contributed by atoms with Gasteiger partial charge in [0.25, 0.3) is 0 Å². The maximum absolute atomic E-state index is 12.0. The molecule has 1 unspecified atom stereocenters. The molecule has 0 bridgehead atoms. The van der Waals surface area contributed by atoms with Gasteiger partial charge in [0.15, 0.2) is 0 Å². The fourth-order valence-electron chi connectivity index (χ4n) is 2.71. The minimum absolute atomic E-state index is 0.157. The molecule has 1 atom stereocenters. The topological polar surface area (TPSA) is 112 Å². The minimum atomic E-state index is -1.72. The van der Waals surface area contributed by atoms with Gasteiger partial charge in [-0.25, -0.2) is 0 Å². The van der Waals surface area contributed by atoms with Crippen molar-refractivity contribution in [3.05, 3.63) is 0 Å². The van der Waals surface area contributed by atoms with Crippen LogP contribution >= 0.6 is 0 Å². The van der Waals surface area contributed by atoms with Crippen LogP contribution in [0.5, 0.6) is 0 Å². The predicted octanol–water partition coefficient (Wildman–Crippen LogP) is 3.28. The highest BCUT2D eigenvalue weighted by molar-refractivity contribution is 5.73. The van der Waals surface area contributed by atoms with Crippen molar-refractivity contribution in [2.45, 2.75) is 78.3 Å². The zero-order valence-corrected chi connectivity index (χ0v) is 17.1. The molecule has 0 radical (unpaired) electrons. The Morgan fingerprint density at radius 3 is 1.70 bits per heavy atom. The summed E-state index contributed by atoms with van der Waals surface area (Å²) < 4.78 is 23.3. The fourth-order valence-corrected chi connectivity index (χ4v) is 2.71. The Labute approximate surface area is 162 Å². The zero-order chi connectivity index (χ0) is 20.7. The molecule has 0 rings (SSSR count). The molecule has 0 aliphatic heterocycles. The molecular formula is C19H36O8. The second-order valence-corrected chi connectivity index (χ2v) is 6.19. The van der Waals surface area contributed by atoms with Crippen molar-refractivity contribution < 1.29 is 38.7 Å². The first kappa shape index (κ1) is 25.8. The average molecular weight is 392 g/mol. The van der Waals surface area contributed by atoms with Crippen LogP contribution in [0.2, 0.25) is 0 Å². The van der Waals surface area contributed by atoms with E-state index in [4.69, 9.17) is 24.1 Å². The van der Waals surface area contributed by atoms with Gasteiger partial charge in [0.05, 0.1) is 0 Å². The molecule has 27 heavy (non-hydrogen) atoms. The lowest BCUT2D eigenvalue weighted by molar-refractivity contribution is -0.368. The van der Waals surface area contributed by atoms with Gasteiger partial charge in [-0.2, -0.15) is 0 Å². The van der Waals surface area contributed by atoms with Crippen LogP contribution in [-0.4, -0.2) is 60.7 Å². The Balaban J connectivity index is 5.83. The average Bonchev–Trinajstić information content (AvgIpc) is 2.60. The van der Waals surface area contributed by atoms with E-state index in [0.717, 1.165) is 25.7 Å². The molecule has 2 N–H and O–H groups in total. The van der Waals surface area contributed by atoms with Crippen LogP contribution in [0.4, 0.5) is 0 Å². The number of hydrogen-bond donors (Lipinski definition) is 2. The summed E-state index contributed by atoms with van der Waals surface area (Å²) in [7, 11) is 0. The molecule has 0 aromatic carbocycles. The Morgan fingerprint density at radius 1 is 0.889 bits per heavy atom. The Morgan fingerprint density at radius 2 is 1.37 bits per heavy atom. The van der Waals surface area contributed by atoms with Gasteiger partial charge in [-0.05, 0) is 33.1 Å². The van der Waals surface area contributed by atoms with Gasteiger partial charge in [-0.3, -0.25) is 9.59 Å². The number of ether oxygens (including phenoxy) is 4. The van der Waals surface area contributed by atoms with Crippen molar-refractivity contribution in [3.63, 3.8) is 0 Å². The van der Waals surface area contributed by atoms with Gasteiger partial charge in [-0.1, -0.05) is 26.7 Å². The van der Waals surface area contributed by atoms with Crippen LogP contribution in [0.25, 0.3) is 0 Å². The van der Waals surface area contributed by atoms with E-state index >= 15 is 0 Å². The normalized spacial score (nSPS) is 13.1. The van der Waals surface area contributed by atoms with E-state index in [2.05, 4.69) is 0 Å². The third-order valence-corrected chi connectivity index (χ3v) is 4.03. The van der Waals surface area contributed by atoms with E-state index in [1.54, 1.807) is 13.8 Å². The number of unbranched alkanes of at least 4 members (excludes halogenated alkanes) is 2. The Bertz CT molecular complexity index is 397. The summed E-state index contributed by atoms with van der Waals surface area (Å²) >= 11 is 0. The van der Waals surface area contributed by atoms with E-state index in [1.165, 1.54) is 0 Å². The second kappa shape index (κ2) is 14.8. The van der Waals surface area contributed by atoms with Crippen LogP contribution in [0.15, 0.2) is 0 Å². The predicted molar refractivity (Wildman–Crippen MR) is 99.5 cm³/mol. The third kappa shape index (κ3) is 9.01. The van der Waals surface area contributed by atoms with E-state index in [0.29, 0.717) is 13.2 Å². The van der Waals surface area contributed by atoms with Crippen molar-refractivity contribution >= 4 is 11.9 Å². The number of carbonyl (C=O) groups is 2. The van der Waals surface area contributed by atoms with Crippen molar-refractivity contribution in [3.8, 4) is 0 Å². The largest absolute Gasteiger partial charge is 0.481 e. The van der Waals surface area contributed by atoms with Gasteiger partial charge in [-0.15, -0.1) is 0 Å². The first-order valence-electron chi connectivity index (χ1n) is 9.85. The second-order valence-electron chi connectivity index (χ2n) is 6.19. The summed E-state index contributed by atoms with van der Waals surface area (Å²) in [5, 5.41) is 18.8. The van der Waals surface area contributed by atoms with Gasteiger partial charge in [0, 0.05) is 32.8 Å². The van der Waals surface area contributed by atoms with Gasteiger partial charge in [0.1, 0.15) is 5.92 Å². The third-order valence-electron chi connectivity index (χ3n) is 4.03. The molecule has 0 aromatic heterocycles. The number of carboxylic acids is 2. The molecule has 0 aliphatic rings. The van der Waals surface area contributed by atoms with Crippen LogP contribution in [0.3, 0.4) is 0 Å². The quantitative estimate of drug-likeness (QED) is 0.270. The first-order chi connectivity index (χ1) is 12.9. The highest BCUT2D eigenvalue weighted by Gasteiger charge is 2.53. The molecule has 160 valence electrons. The van der Waals surface area contributed by atoms with Crippen molar-refractivity contribution in [2.24, 2.45) is 5.92 Å². The molecule has 0 aromatic rings. The van der Waals surface area contributed by atoms with Crippen LogP contribution in [0.1, 0.15) is 66.2 Å². The summed E-state index contributed by atoms with van der Waals surface area (Å²) in [6.07, 6.45) is 1.80. The summed E-state index contributed by atoms with van der Waals surface area (Å²) in [6, 6.07) is 0. The molecule has 0 spiro atoms. The zero-order valence-electron chi connectivity index (χ0n) is 17.1. The number of carboxylic acid groups (broad SMARTS) is 2. The van der Waals surface area contributed by atoms with Gasteiger partial charge >= 0.3 is 11.9 Å². The molecule has 0 saturated heterocycles. The Hall–Kier alpha value is -1.22. The van der Waals surface area contributed by atoms with E-state index < -0.39 is 29.9 Å². The molecule has 0 amide bonds. The SMILES string of the molecule is CCCCOC(OCCCC)C(OCC)(OCC)C(CCC(=O)O)C(=O)O. The lowest BCUT2D eigenvalue weighted by atomic mass is 9.92. The number of aliphatic carboxylic acids is 2. The lowest BCUT2D eigenvalue weighted by Crippen LogP contribution is -2.58. The molecule has 8 nitrogen and oxygen atoms in total. The van der Waals surface area contributed by atoms with Gasteiger partial charge < -0.3 is 29.2 Å². The molecule has 0 aliphatic carbocycles. The molecule has 0 heterocycles. The lowest BCUT2D eigenvalue weighted by Gasteiger charge is -2.42. The van der Waals surface area contributed by atoms with Crippen LogP contribution in [-0.2, 0) is 28.5 Å². The summed E-state index contributed by atoms with van der Waals surface area (Å²) in [4.78, 5) is 23.0. The van der Waals surface area contributed by atoms with Crippen molar-refractivity contribution in [2.75, 3.05) is 26.4 Å². The van der Waals surface area contributed by atoms with Crippen molar-refractivity contribution in [1.29, 1.82) is 0 Å². The summed E-state index contributed by atoms with van der Waals surface area (Å²) in [5.74, 6) is -5.26. The first-order valence-corrected chi connectivity index (χ1v) is 9.85. The molecule has 8 heteroatoms. The number of hydrogen-bond acceptors (Lipinski definition) is 6. The van der Waals surface area contributed by atoms with Crippen LogP contribution < -0.4 is 0 Å². The summed E-state index contributed by atoms with van der Waals surface area (Å²) in [6.45, 7) is 8.53.